The van der Waals surface area contributed by atoms with Gasteiger partial charge in [-0.15, -0.1) is 4.40 Å². The maximum atomic E-state index is 12.7. The fourth-order valence-electron chi connectivity index (χ4n) is 2.11. The third-order valence-corrected chi connectivity index (χ3v) is 4.59. The molecule has 0 amide bonds. The Bertz CT molecular complexity index is 993. The zero-order chi connectivity index (χ0) is 20.7. The molecule has 0 aliphatic carbocycles. The number of hydrogen-bond acceptors (Lipinski definition) is 8. The van der Waals surface area contributed by atoms with Crippen molar-refractivity contribution in [1.82, 2.24) is 15.4 Å². The number of benzene rings is 1. The highest BCUT2D eigenvalue weighted by atomic mass is 32.2. The lowest BCUT2D eigenvalue weighted by atomic mass is 10.2. The number of hydroxylamine groups is 1. The van der Waals surface area contributed by atoms with Gasteiger partial charge in [-0.2, -0.15) is 13.4 Å². The van der Waals surface area contributed by atoms with Gasteiger partial charge in [0, 0.05) is 11.8 Å². The first kappa shape index (κ1) is 21.1. The van der Waals surface area contributed by atoms with Crippen molar-refractivity contribution >= 4 is 27.9 Å². The van der Waals surface area contributed by atoms with Gasteiger partial charge in [0.05, 0.1) is 26.9 Å². The highest BCUT2D eigenvalue weighted by Gasteiger charge is 2.23. The summed E-state index contributed by atoms with van der Waals surface area (Å²) in [5.41, 5.74) is 2.72. The molecule has 0 unspecified atom stereocenters. The van der Waals surface area contributed by atoms with Gasteiger partial charge in [-0.1, -0.05) is 12.1 Å². The van der Waals surface area contributed by atoms with Crippen LogP contribution in [0.4, 0.5) is 5.95 Å². The summed E-state index contributed by atoms with van der Waals surface area (Å²) in [6.07, 6.45) is 0. The van der Waals surface area contributed by atoms with Gasteiger partial charge < -0.3 is 9.47 Å². The first-order chi connectivity index (χ1) is 13.3. The highest BCUT2D eigenvalue weighted by molar-refractivity contribution is 7.90. The molecule has 0 saturated heterocycles. The SMILES string of the molecule is CONC(=NS(=O)(=O)c1ccccc1C(=O)OC)Nc1nc(C)cc(OC)n1. The van der Waals surface area contributed by atoms with E-state index in [9.17, 15) is 13.2 Å². The second-order valence-corrected chi connectivity index (χ2v) is 6.78. The Balaban J connectivity index is 2.46. The lowest BCUT2D eigenvalue weighted by molar-refractivity contribution is 0.0596. The molecule has 0 aliphatic rings. The van der Waals surface area contributed by atoms with Crippen LogP contribution in [-0.4, -0.2) is 51.6 Å². The molecule has 0 atom stereocenters. The van der Waals surface area contributed by atoms with Crippen LogP contribution in [0.25, 0.3) is 0 Å². The number of guanidine groups is 1. The molecule has 28 heavy (non-hydrogen) atoms. The molecular formula is C16H19N5O6S. The molecule has 0 fully saturated rings. The number of aromatic nitrogens is 2. The van der Waals surface area contributed by atoms with Gasteiger partial charge in [0.1, 0.15) is 4.90 Å². The number of carbonyl (C=O) groups is 1. The summed E-state index contributed by atoms with van der Waals surface area (Å²) in [6.45, 7) is 1.71. The third-order valence-electron chi connectivity index (χ3n) is 3.25. The lowest BCUT2D eigenvalue weighted by Gasteiger charge is -2.11. The smallest absolute Gasteiger partial charge is 0.339 e. The minimum atomic E-state index is -4.32. The molecule has 2 N–H and O–H groups in total. The number of esters is 1. The summed E-state index contributed by atoms with van der Waals surface area (Å²) in [5.74, 6) is -0.840. The molecule has 0 bridgehead atoms. The van der Waals surface area contributed by atoms with Crippen LogP contribution in [0.1, 0.15) is 16.1 Å². The molecule has 1 aromatic heterocycles. The number of rotatable bonds is 6. The maximum Gasteiger partial charge on any atom is 0.339 e. The van der Waals surface area contributed by atoms with Crippen LogP contribution in [0.3, 0.4) is 0 Å². The van der Waals surface area contributed by atoms with E-state index in [2.05, 4.69) is 29.9 Å². The van der Waals surface area contributed by atoms with Crippen LogP contribution in [0.15, 0.2) is 39.6 Å². The third kappa shape index (κ3) is 5.14. The lowest BCUT2D eigenvalue weighted by Crippen LogP contribution is -2.32. The van der Waals surface area contributed by atoms with Crippen LogP contribution in [0, 0.1) is 6.92 Å². The highest BCUT2D eigenvalue weighted by Crippen LogP contribution is 2.19. The normalized spacial score (nSPS) is 11.6. The van der Waals surface area contributed by atoms with Crippen LogP contribution < -0.4 is 15.5 Å². The second-order valence-electron chi connectivity index (χ2n) is 5.21. The Morgan fingerprint density at radius 2 is 1.86 bits per heavy atom. The van der Waals surface area contributed by atoms with Crippen LogP contribution in [-0.2, 0) is 19.6 Å². The largest absolute Gasteiger partial charge is 0.481 e. The summed E-state index contributed by atoms with van der Waals surface area (Å²) in [4.78, 5) is 24.5. The van der Waals surface area contributed by atoms with E-state index in [0.717, 1.165) is 7.11 Å². The molecule has 12 heteroatoms. The quantitative estimate of drug-likeness (QED) is 0.306. The van der Waals surface area contributed by atoms with Crippen molar-refractivity contribution in [2.75, 3.05) is 26.6 Å². The first-order valence-electron chi connectivity index (χ1n) is 7.78. The number of nitrogens with zero attached hydrogens (tertiary/aromatic N) is 3. The Labute approximate surface area is 161 Å². The molecule has 0 spiro atoms. The maximum absolute atomic E-state index is 12.7. The van der Waals surface area contributed by atoms with E-state index in [0.29, 0.717) is 5.69 Å². The Hall–Kier alpha value is -3.25. The van der Waals surface area contributed by atoms with E-state index < -0.39 is 16.0 Å². The zero-order valence-corrected chi connectivity index (χ0v) is 16.4. The summed E-state index contributed by atoms with van der Waals surface area (Å²) in [5, 5.41) is 2.60. The first-order valence-corrected chi connectivity index (χ1v) is 9.22. The molecule has 1 aromatic carbocycles. The van der Waals surface area contributed by atoms with Crippen LogP contribution in [0.2, 0.25) is 0 Å². The predicted molar refractivity (Wildman–Crippen MR) is 99.5 cm³/mol. The molecule has 1 heterocycles. The minimum absolute atomic E-state index is 0.0246. The standard InChI is InChI=1S/C16H19N5O6S/c1-10-9-13(25-2)18-15(17-10)19-16(20-27-4)21-28(23,24)12-8-6-5-7-11(12)14(22)26-3/h5-9H,1-4H3,(H2,17,18,19,20,21). The van der Waals surface area contributed by atoms with Gasteiger partial charge in [0.15, 0.2) is 0 Å². The summed E-state index contributed by atoms with van der Waals surface area (Å²) >= 11 is 0. The average molecular weight is 409 g/mol. The van der Waals surface area contributed by atoms with Crippen LogP contribution >= 0.6 is 0 Å². The molecule has 2 aromatic rings. The predicted octanol–water partition coefficient (Wildman–Crippen LogP) is 0.888. The monoisotopic (exact) mass is 409 g/mol. The number of hydrogen-bond donors (Lipinski definition) is 2. The summed E-state index contributed by atoms with van der Waals surface area (Å²) < 4.78 is 38.8. The van der Waals surface area contributed by atoms with Crippen molar-refractivity contribution in [1.29, 1.82) is 0 Å². The summed E-state index contributed by atoms with van der Waals surface area (Å²) in [6, 6.07) is 7.12. The van der Waals surface area contributed by atoms with E-state index in [-0.39, 0.29) is 28.2 Å². The topological polar surface area (TPSA) is 141 Å². The van der Waals surface area contributed by atoms with Crippen molar-refractivity contribution in [2.24, 2.45) is 4.40 Å². The van der Waals surface area contributed by atoms with Crippen molar-refractivity contribution in [2.45, 2.75) is 11.8 Å². The van der Waals surface area contributed by atoms with E-state index >= 15 is 0 Å². The van der Waals surface area contributed by atoms with Crippen molar-refractivity contribution < 1.29 is 27.5 Å². The Morgan fingerprint density at radius 1 is 1.14 bits per heavy atom. The van der Waals surface area contributed by atoms with E-state index in [1.165, 1.54) is 38.5 Å². The van der Waals surface area contributed by atoms with Gasteiger partial charge in [0.25, 0.3) is 10.0 Å². The van der Waals surface area contributed by atoms with E-state index in [1.54, 1.807) is 13.0 Å². The van der Waals surface area contributed by atoms with Gasteiger partial charge in [-0.05, 0) is 19.1 Å². The fourth-order valence-corrected chi connectivity index (χ4v) is 3.21. The van der Waals surface area contributed by atoms with Crippen molar-refractivity contribution in [3.8, 4) is 5.88 Å². The number of carbonyl (C=O) groups excluding carboxylic acids is 1. The molecular weight excluding hydrogens is 390 g/mol. The van der Waals surface area contributed by atoms with Gasteiger partial charge in [0.2, 0.25) is 17.8 Å². The van der Waals surface area contributed by atoms with Gasteiger partial charge in [-0.3, -0.25) is 10.2 Å². The molecule has 11 nitrogen and oxygen atoms in total. The van der Waals surface area contributed by atoms with E-state index in [4.69, 9.17) is 9.57 Å². The number of aryl methyl sites for hydroxylation is 1. The van der Waals surface area contributed by atoms with Gasteiger partial charge in [-0.25, -0.2) is 15.3 Å². The van der Waals surface area contributed by atoms with Crippen molar-refractivity contribution in [3.63, 3.8) is 0 Å². The number of anilines is 1. The van der Waals surface area contributed by atoms with E-state index in [1.807, 2.05) is 0 Å². The zero-order valence-electron chi connectivity index (χ0n) is 15.6. The number of nitrogens with one attached hydrogen (secondary N) is 2. The number of methoxy groups -OCH3 is 2. The number of sulfonamides is 1. The average Bonchev–Trinajstić information content (AvgIpc) is 2.66. The Kier molecular flexibility index (Phi) is 6.84. The second kappa shape index (κ2) is 9.10. The molecule has 0 radical (unpaired) electrons. The summed E-state index contributed by atoms with van der Waals surface area (Å²) in [7, 11) is -0.468. The number of ether oxygens (including phenoxy) is 2. The minimum Gasteiger partial charge on any atom is -0.481 e. The molecule has 0 saturated carbocycles. The Morgan fingerprint density at radius 3 is 2.50 bits per heavy atom. The fraction of sp³-hybridized carbons (Fsp3) is 0.250. The molecule has 150 valence electrons. The molecule has 0 aliphatic heterocycles. The van der Waals surface area contributed by atoms with Crippen LogP contribution in [0.5, 0.6) is 5.88 Å². The molecule has 2 rings (SSSR count). The van der Waals surface area contributed by atoms with Crippen molar-refractivity contribution in [3.05, 3.63) is 41.6 Å². The van der Waals surface area contributed by atoms with Gasteiger partial charge >= 0.3 is 5.97 Å².